The highest BCUT2D eigenvalue weighted by molar-refractivity contribution is 5.76. The predicted molar refractivity (Wildman–Crippen MR) is 63.1 cm³/mol. The van der Waals surface area contributed by atoms with Gasteiger partial charge in [0, 0.05) is 13.1 Å². The molecular weight excluding hydrogens is 242 g/mol. The summed E-state index contributed by atoms with van der Waals surface area (Å²) in [5.41, 5.74) is 0. The van der Waals surface area contributed by atoms with Crippen LogP contribution in [0.15, 0.2) is 0 Å². The molecule has 0 unspecified atom stereocenters. The number of rotatable bonds is 9. The first-order valence-corrected chi connectivity index (χ1v) is 5.98. The molecule has 104 valence electrons. The summed E-state index contributed by atoms with van der Waals surface area (Å²) in [6.45, 7) is 4.23. The quantitative estimate of drug-likeness (QED) is 0.598. The standard InChI is InChI=1S/C12H20F2N2O2/c1-10(2)8-16(6-3-5-15)12(17)4-7-18-9-11(13)14/h10-11H,3-4,6-9H2,1-2H3. The van der Waals surface area contributed by atoms with Gasteiger partial charge < -0.3 is 9.64 Å². The van der Waals surface area contributed by atoms with E-state index >= 15 is 0 Å². The maximum absolute atomic E-state index is 11.8. The number of carbonyl (C=O) groups excluding carboxylic acids is 1. The molecule has 0 aromatic carbocycles. The third-order valence-corrected chi connectivity index (χ3v) is 2.14. The molecule has 0 bridgehead atoms. The Morgan fingerprint density at radius 2 is 2.11 bits per heavy atom. The summed E-state index contributed by atoms with van der Waals surface area (Å²) < 4.78 is 28.3. The average Bonchev–Trinajstić information content (AvgIpc) is 2.29. The summed E-state index contributed by atoms with van der Waals surface area (Å²) in [4.78, 5) is 13.4. The maximum Gasteiger partial charge on any atom is 0.261 e. The molecule has 0 aliphatic carbocycles. The first-order valence-electron chi connectivity index (χ1n) is 5.98. The largest absolute Gasteiger partial charge is 0.375 e. The van der Waals surface area contributed by atoms with Crippen molar-refractivity contribution < 1.29 is 18.3 Å². The Bertz CT molecular complexity index is 278. The highest BCUT2D eigenvalue weighted by atomic mass is 19.3. The van der Waals surface area contributed by atoms with Crippen LogP contribution in [0.4, 0.5) is 8.78 Å². The molecule has 0 aliphatic rings. The van der Waals surface area contributed by atoms with Gasteiger partial charge in [-0.2, -0.15) is 5.26 Å². The van der Waals surface area contributed by atoms with E-state index in [4.69, 9.17) is 5.26 Å². The molecule has 0 N–H and O–H groups in total. The number of nitriles is 1. The Morgan fingerprint density at radius 1 is 1.44 bits per heavy atom. The Balaban J connectivity index is 4.00. The third kappa shape index (κ3) is 8.88. The van der Waals surface area contributed by atoms with Gasteiger partial charge in [0.05, 0.1) is 25.5 Å². The first kappa shape index (κ1) is 16.8. The number of hydrogen-bond donors (Lipinski definition) is 0. The predicted octanol–water partition coefficient (Wildman–Crippen LogP) is 2.06. The molecule has 0 radical (unpaired) electrons. The second-order valence-corrected chi connectivity index (χ2v) is 4.36. The van der Waals surface area contributed by atoms with Gasteiger partial charge in [-0.05, 0) is 5.92 Å². The molecule has 1 amide bonds. The van der Waals surface area contributed by atoms with Crippen LogP contribution >= 0.6 is 0 Å². The smallest absolute Gasteiger partial charge is 0.261 e. The van der Waals surface area contributed by atoms with E-state index in [2.05, 4.69) is 4.74 Å². The summed E-state index contributed by atoms with van der Waals surface area (Å²) in [6, 6.07) is 1.98. The minimum absolute atomic E-state index is 0.00960. The van der Waals surface area contributed by atoms with E-state index in [-0.39, 0.29) is 25.4 Å². The summed E-state index contributed by atoms with van der Waals surface area (Å²) in [7, 11) is 0. The van der Waals surface area contributed by atoms with Crippen molar-refractivity contribution in [2.24, 2.45) is 5.92 Å². The lowest BCUT2D eigenvalue weighted by Crippen LogP contribution is -2.35. The molecule has 0 rings (SSSR count). The van der Waals surface area contributed by atoms with E-state index in [9.17, 15) is 13.6 Å². The van der Waals surface area contributed by atoms with Gasteiger partial charge in [0.15, 0.2) is 0 Å². The average molecular weight is 262 g/mol. The zero-order valence-electron chi connectivity index (χ0n) is 10.9. The lowest BCUT2D eigenvalue weighted by atomic mass is 10.2. The van der Waals surface area contributed by atoms with E-state index in [1.165, 1.54) is 0 Å². The molecule has 0 spiro atoms. The SMILES string of the molecule is CC(C)CN(CCC#N)C(=O)CCOCC(F)F. The fourth-order valence-electron chi connectivity index (χ4n) is 1.43. The number of hydrogen-bond acceptors (Lipinski definition) is 3. The second-order valence-electron chi connectivity index (χ2n) is 4.36. The molecule has 4 nitrogen and oxygen atoms in total. The zero-order valence-corrected chi connectivity index (χ0v) is 10.9. The Morgan fingerprint density at radius 3 is 2.61 bits per heavy atom. The van der Waals surface area contributed by atoms with Gasteiger partial charge in [-0.1, -0.05) is 13.8 Å². The van der Waals surface area contributed by atoms with Crippen LogP contribution in [-0.2, 0) is 9.53 Å². The van der Waals surface area contributed by atoms with Crippen molar-refractivity contribution >= 4 is 5.91 Å². The number of halogens is 2. The normalized spacial score (nSPS) is 10.7. The molecule has 0 atom stereocenters. The Kier molecular flexibility index (Phi) is 9.11. The fourth-order valence-corrected chi connectivity index (χ4v) is 1.43. The van der Waals surface area contributed by atoms with Gasteiger partial charge >= 0.3 is 0 Å². The van der Waals surface area contributed by atoms with Gasteiger partial charge in [-0.3, -0.25) is 4.79 Å². The van der Waals surface area contributed by atoms with Gasteiger partial charge in [0.25, 0.3) is 6.43 Å². The second kappa shape index (κ2) is 9.77. The van der Waals surface area contributed by atoms with Crippen LogP contribution in [0.25, 0.3) is 0 Å². The minimum atomic E-state index is -2.51. The zero-order chi connectivity index (χ0) is 14.0. The van der Waals surface area contributed by atoms with E-state index < -0.39 is 13.0 Å². The van der Waals surface area contributed by atoms with Crippen LogP contribution in [-0.4, -0.2) is 43.5 Å². The Hall–Kier alpha value is -1.22. The summed E-state index contributed by atoms with van der Waals surface area (Å²) in [5, 5.41) is 8.51. The monoisotopic (exact) mass is 262 g/mol. The summed E-state index contributed by atoms with van der Waals surface area (Å²) in [6.07, 6.45) is -2.16. The minimum Gasteiger partial charge on any atom is -0.375 e. The maximum atomic E-state index is 11.8. The summed E-state index contributed by atoms with van der Waals surface area (Å²) in [5.74, 6) is 0.142. The van der Waals surface area contributed by atoms with Crippen molar-refractivity contribution in [1.82, 2.24) is 4.90 Å². The number of nitrogens with zero attached hydrogens (tertiary/aromatic N) is 2. The molecule has 0 aromatic rings. The lowest BCUT2D eigenvalue weighted by molar-refractivity contribution is -0.133. The molecule has 0 heterocycles. The molecule has 0 aliphatic heterocycles. The Labute approximate surface area is 107 Å². The number of alkyl halides is 2. The molecule has 18 heavy (non-hydrogen) atoms. The van der Waals surface area contributed by atoms with E-state index in [0.717, 1.165) is 0 Å². The van der Waals surface area contributed by atoms with E-state index in [0.29, 0.717) is 19.0 Å². The van der Waals surface area contributed by atoms with Crippen LogP contribution in [0.3, 0.4) is 0 Å². The van der Waals surface area contributed by atoms with Gasteiger partial charge in [-0.15, -0.1) is 0 Å². The van der Waals surface area contributed by atoms with Crippen molar-refractivity contribution in [2.45, 2.75) is 33.1 Å². The topological polar surface area (TPSA) is 53.3 Å². The molecule has 0 aromatic heterocycles. The van der Waals surface area contributed by atoms with Crippen LogP contribution in [0, 0.1) is 17.2 Å². The molecule has 6 heteroatoms. The van der Waals surface area contributed by atoms with Crippen molar-refractivity contribution in [2.75, 3.05) is 26.3 Å². The van der Waals surface area contributed by atoms with E-state index in [1.807, 2.05) is 19.9 Å². The molecule has 0 fully saturated rings. The highest BCUT2D eigenvalue weighted by Gasteiger charge is 2.14. The molecular formula is C12H20F2N2O2. The van der Waals surface area contributed by atoms with Crippen LogP contribution < -0.4 is 0 Å². The van der Waals surface area contributed by atoms with Crippen LogP contribution in [0.5, 0.6) is 0 Å². The van der Waals surface area contributed by atoms with Crippen molar-refractivity contribution in [3.8, 4) is 6.07 Å². The van der Waals surface area contributed by atoms with Crippen molar-refractivity contribution in [3.05, 3.63) is 0 Å². The van der Waals surface area contributed by atoms with Crippen molar-refractivity contribution in [1.29, 1.82) is 5.26 Å². The first-order chi connectivity index (χ1) is 8.47. The number of amides is 1. The van der Waals surface area contributed by atoms with Gasteiger partial charge in [-0.25, -0.2) is 8.78 Å². The van der Waals surface area contributed by atoms with Gasteiger partial charge in [0.1, 0.15) is 6.61 Å². The lowest BCUT2D eigenvalue weighted by Gasteiger charge is -2.23. The highest BCUT2D eigenvalue weighted by Crippen LogP contribution is 2.03. The van der Waals surface area contributed by atoms with E-state index in [1.54, 1.807) is 4.90 Å². The number of ether oxygens (including phenoxy) is 1. The van der Waals surface area contributed by atoms with Crippen LogP contribution in [0.1, 0.15) is 26.7 Å². The van der Waals surface area contributed by atoms with Crippen molar-refractivity contribution in [3.63, 3.8) is 0 Å². The fraction of sp³-hybridized carbons (Fsp3) is 0.833. The summed E-state index contributed by atoms with van der Waals surface area (Å²) >= 11 is 0. The van der Waals surface area contributed by atoms with Gasteiger partial charge in [0.2, 0.25) is 5.91 Å². The molecule has 0 saturated heterocycles. The third-order valence-electron chi connectivity index (χ3n) is 2.14. The van der Waals surface area contributed by atoms with Crippen LogP contribution in [0.2, 0.25) is 0 Å². The number of carbonyl (C=O) groups is 1. The molecule has 0 saturated carbocycles.